The molecule has 1 N–H and O–H groups in total. The van der Waals surface area contributed by atoms with Crippen LogP contribution in [0.5, 0.6) is 0 Å². The summed E-state index contributed by atoms with van der Waals surface area (Å²) in [5.74, 6) is -0.341. The van der Waals surface area contributed by atoms with E-state index in [0.717, 1.165) is 29.2 Å². The summed E-state index contributed by atoms with van der Waals surface area (Å²) in [6, 6.07) is 16.7. The molecule has 156 valence electrons. The van der Waals surface area contributed by atoms with Gasteiger partial charge in [0, 0.05) is 18.8 Å². The molecule has 1 aliphatic rings. The molecule has 1 aliphatic heterocycles. The molecule has 1 atom stereocenters. The highest BCUT2D eigenvalue weighted by Gasteiger charge is 2.21. The first-order valence-electron chi connectivity index (χ1n) is 10.0. The lowest BCUT2D eigenvalue weighted by molar-refractivity contribution is -0.120. The minimum Gasteiger partial charge on any atom is -0.372 e. The molecule has 0 spiro atoms. The lowest BCUT2D eigenvalue weighted by Crippen LogP contribution is -2.41. The molecule has 7 heteroatoms. The van der Waals surface area contributed by atoms with Crippen molar-refractivity contribution in [3.63, 3.8) is 0 Å². The molecule has 0 bridgehead atoms. The van der Waals surface area contributed by atoms with Gasteiger partial charge >= 0.3 is 0 Å². The Kier molecular flexibility index (Phi) is 6.79. The summed E-state index contributed by atoms with van der Waals surface area (Å²) in [5.41, 5.74) is 2.67. The fraction of sp³-hybridized carbons (Fsp3) is 0.409. The SMILES string of the molecule is CC(NC(=O)CN(c1ccccc1)S(C)(=O)=O)c1ccc(N2CCCCC2)cc1. The van der Waals surface area contributed by atoms with E-state index in [9.17, 15) is 13.2 Å². The van der Waals surface area contributed by atoms with Crippen LogP contribution in [0.3, 0.4) is 0 Å². The normalized spacial score (nSPS) is 15.6. The van der Waals surface area contributed by atoms with Crippen molar-refractivity contribution < 1.29 is 13.2 Å². The van der Waals surface area contributed by atoms with Crippen LogP contribution in [-0.2, 0) is 14.8 Å². The number of anilines is 2. The maximum atomic E-state index is 12.5. The predicted molar refractivity (Wildman–Crippen MR) is 118 cm³/mol. The Labute approximate surface area is 173 Å². The van der Waals surface area contributed by atoms with Gasteiger partial charge in [0.05, 0.1) is 18.0 Å². The van der Waals surface area contributed by atoms with Crippen molar-refractivity contribution in [2.75, 3.05) is 35.1 Å². The van der Waals surface area contributed by atoms with Gasteiger partial charge < -0.3 is 10.2 Å². The molecule has 1 heterocycles. The predicted octanol–water partition coefficient (Wildman–Crippen LogP) is 3.32. The van der Waals surface area contributed by atoms with Crippen LogP contribution in [0.15, 0.2) is 54.6 Å². The summed E-state index contributed by atoms with van der Waals surface area (Å²) >= 11 is 0. The minimum atomic E-state index is -3.56. The Balaban J connectivity index is 1.63. The van der Waals surface area contributed by atoms with E-state index in [-0.39, 0.29) is 18.5 Å². The van der Waals surface area contributed by atoms with Crippen molar-refractivity contribution in [2.24, 2.45) is 0 Å². The van der Waals surface area contributed by atoms with Crippen molar-refractivity contribution in [3.8, 4) is 0 Å². The number of nitrogens with one attached hydrogen (secondary N) is 1. The zero-order chi connectivity index (χ0) is 20.9. The van der Waals surface area contributed by atoms with Gasteiger partial charge in [-0.3, -0.25) is 9.10 Å². The fourth-order valence-corrected chi connectivity index (χ4v) is 4.48. The highest BCUT2D eigenvalue weighted by Crippen LogP contribution is 2.23. The molecule has 29 heavy (non-hydrogen) atoms. The second kappa shape index (κ2) is 9.31. The van der Waals surface area contributed by atoms with Crippen molar-refractivity contribution in [3.05, 3.63) is 60.2 Å². The maximum Gasteiger partial charge on any atom is 0.241 e. The third-order valence-electron chi connectivity index (χ3n) is 5.22. The monoisotopic (exact) mass is 415 g/mol. The molecule has 1 fully saturated rings. The lowest BCUT2D eigenvalue weighted by atomic mass is 10.1. The van der Waals surface area contributed by atoms with Crippen LogP contribution in [0, 0.1) is 0 Å². The Morgan fingerprint density at radius 3 is 2.24 bits per heavy atom. The van der Waals surface area contributed by atoms with Gasteiger partial charge in [-0.15, -0.1) is 0 Å². The molecule has 0 aliphatic carbocycles. The van der Waals surface area contributed by atoms with Gasteiger partial charge in [-0.25, -0.2) is 8.42 Å². The van der Waals surface area contributed by atoms with Crippen LogP contribution < -0.4 is 14.5 Å². The first kappa shape index (κ1) is 21.2. The van der Waals surface area contributed by atoms with E-state index >= 15 is 0 Å². The summed E-state index contributed by atoms with van der Waals surface area (Å²) < 4.78 is 25.4. The molecule has 1 unspecified atom stereocenters. The molecule has 2 aromatic rings. The van der Waals surface area contributed by atoms with E-state index < -0.39 is 10.0 Å². The number of hydrogen-bond donors (Lipinski definition) is 1. The summed E-state index contributed by atoms with van der Waals surface area (Å²) in [7, 11) is -3.56. The van der Waals surface area contributed by atoms with Crippen molar-refractivity contribution in [1.82, 2.24) is 5.32 Å². The Hall–Kier alpha value is -2.54. The van der Waals surface area contributed by atoms with Crippen LogP contribution in [0.4, 0.5) is 11.4 Å². The number of para-hydroxylation sites is 1. The average Bonchev–Trinajstić information content (AvgIpc) is 2.72. The molecule has 0 saturated carbocycles. The highest BCUT2D eigenvalue weighted by molar-refractivity contribution is 7.92. The van der Waals surface area contributed by atoms with Gasteiger partial charge in [0.25, 0.3) is 0 Å². The number of sulfonamides is 1. The molecule has 1 saturated heterocycles. The van der Waals surface area contributed by atoms with Crippen LogP contribution in [-0.4, -0.2) is 40.2 Å². The number of rotatable bonds is 7. The van der Waals surface area contributed by atoms with Crippen LogP contribution in [0.25, 0.3) is 0 Å². The molecule has 2 aromatic carbocycles. The molecule has 3 rings (SSSR count). The third-order valence-corrected chi connectivity index (χ3v) is 6.36. The standard InChI is InChI=1S/C22H29N3O3S/c1-18(19-11-13-20(14-12-19)24-15-7-4-8-16-24)23-22(26)17-25(29(2,27)28)21-9-5-3-6-10-21/h3,5-6,9-14,18H,4,7-8,15-17H2,1-2H3,(H,23,26). The molecule has 1 amide bonds. The van der Waals surface area contributed by atoms with E-state index in [2.05, 4.69) is 22.3 Å². The first-order chi connectivity index (χ1) is 13.8. The first-order valence-corrected chi connectivity index (χ1v) is 11.9. The highest BCUT2D eigenvalue weighted by atomic mass is 32.2. The molecule has 6 nitrogen and oxygen atoms in total. The van der Waals surface area contributed by atoms with E-state index in [0.29, 0.717) is 5.69 Å². The number of nitrogens with zero attached hydrogens (tertiary/aromatic N) is 2. The number of hydrogen-bond acceptors (Lipinski definition) is 4. The van der Waals surface area contributed by atoms with E-state index in [1.54, 1.807) is 30.3 Å². The number of piperidine rings is 1. The van der Waals surface area contributed by atoms with Crippen LogP contribution >= 0.6 is 0 Å². The Bertz CT molecular complexity index is 908. The van der Waals surface area contributed by atoms with Crippen molar-refractivity contribution in [2.45, 2.75) is 32.2 Å². The number of benzene rings is 2. The van der Waals surface area contributed by atoms with Crippen molar-refractivity contribution in [1.29, 1.82) is 0 Å². The smallest absolute Gasteiger partial charge is 0.241 e. The van der Waals surface area contributed by atoms with E-state index in [1.807, 2.05) is 19.1 Å². The average molecular weight is 416 g/mol. The summed E-state index contributed by atoms with van der Waals surface area (Å²) in [6.45, 7) is 3.83. The van der Waals surface area contributed by atoms with Gasteiger partial charge in [0.15, 0.2) is 0 Å². The summed E-state index contributed by atoms with van der Waals surface area (Å²) in [4.78, 5) is 14.9. The number of carbonyl (C=O) groups excluding carboxylic acids is 1. The maximum absolute atomic E-state index is 12.5. The van der Waals surface area contributed by atoms with Gasteiger partial charge in [-0.2, -0.15) is 0 Å². The topological polar surface area (TPSA) is 69.7 Å². The quantitative estimate of drug-likeness (QED) is 0.753. The third kappa shape index (κ3) is 5.73. The largest absolute Gasteiger partial charge is 0.372 e. The van der Waals surface area contributed by atoms with Gasteiger partial charge in [-0.05, 0) is 56.0 Å². The summed E-state index contributed by atoms with van der Waals surface area (Å²) in [6.07, 6.45) is 4.86. The van der Waals surface area contributed by atoms with E-state index in [4.69, 9.17) is 0 Å². The number of amides is 1. The van der Waals surface area contributed by atoms with Gasteiger partial charge in [0.2, 0.25) is 15.9 Å². The summed E-state index contributed by atoms with van der Waals surface area (Å²) in [5, 5.41) is 2.91. The second-order valence-electron chi connectivity index (χ2n) is 7.53. The van der Waals surface area contributed by atoms with Crippen LogP contribution in [0.1, 0.15) is 37.8 Å². The van der Waals surface area contributed by atoms with Crippen LogP contribution in [0.2, 0.25) is 0 Å². The Morgan fingerprint density at radius 2 is 1.66 bits per heavy atom. The van der Waals surface area contributed by atoms with Crippen molar-refractivity contribution >= 4 is 27.3 Å². The lowest BCUT2D eigenvalue weighted by Gasteiger charge is -2.29. The molecular weight excluding hydrogens is 386 g/mol. The molecule has 0 radical (unpaired) electrons. The van der Waals surface area contributed by atoms with Gasteiger partial charge in [-0.1, -0.05) is 30.3 Å². The zero-order valence-electron chi connectivity index (χ0n) is 17.0. The Morgan fingerprint density at radius 1 is 1.03 bits per heavy atom. The molecular formula is C22H29N3O3S. The van der Waals surface area contributed by atoms with Gasteiger partial charge in [0.1, 0.15) is 6.54 Å². The second-order valence-corrected chi connectivity index (χ2v) is 9.44. The molecule has 0 aromatic heterocycles. The number of carbonyl (C=O) groups is 1. The fourth-order valence-electron chi connectivity index (χ4n) is 3.62. The zero-order valence-corrected chi connectivity index (χ0v) is 17.9. The minimum absolute atomic E-state index is 0.213. The van der Waals surface area contributed by atoms with E-state index in [1.165, 1.54) is 24.9 Å².